The predicted octanol–water partition coefficient (Wildman–Crippen LogP) is 0.833. The fourth-order valence-electron chi connectivity index (χ4n) is 3.50. The number of hydrogen-bond acceptors (Lipinski definition) is 5. The zero-order valence-electron chi connectivity index (χ0n) is 14.3. The molecule has 1 aromatic carbocycles. The van der Waals surface area contributed by atoms with Crippen LogP contribution in [0.1, 0.15) is 25.7 Å². The molecule has 0 bridgehead atoms. The average molecular weight is 346 g/mol. The van der Waals surface area contributed by atoms with Gasteiger partial charge in [-0.1, -0.05) is 6.07 Å². The van der Waals surface area contributed by atoms with Crippen LogP contribution in [0.15, 0.2) is 24.3 Å². The van der Waals surface area contributed by atoms with Crippen LogP contribution in [-0.4, -0.2) is 43.7 Å². The SMILES string of the molecule is NC[C@H]1CC[C@@H](C(=O)Nc2cccc(N3CCC(C(N)=O)CC3)c2)O1. The maximum absolute atomic E-state index is 12.3. The second-order valence-corrected chi connectivity index (χ2v) is 6.76. The van der Waals surface area contributed by atoms with Crippen molar-refractivity contribution in [2.24, 2.45) is 17.4 Å². The minimum absolute atomic E-state index is 0.0198. The van der Waals surface area contributed by atoms with Crippen molar-refractivity contribution in [1.29, 1.82) is 0 Å². The van der Waals surface area contributed by atoms with Crippen LogP contribution in [0.3, 0.4) is 0 Å². The van der Waals surface area contributed by atoms with Crippen LogP contribution in [0.25, 0.3) is 0 Å². The molecule has 3 rings (SSSR count). The molecule has 0 radical (unpaired) electrons. The second kappa shape index (κ2) is 7.84. The van der Waals surface area contributed by atoms with Gasteiger partial charge in [-0.2, -0.15) is 0 Å². The van der Waals surface area contributed by atoms with Gasteiger partial charge in [0.15, 0.2) is 0 Å². The van der Waals surface area contributed by atoms with E-state index in [2.05, 4.69) is 10.2 Å². The maximum Gasteiger partial charge on any atom is 0.253 e. The Kier molecular flexibility index (Phi) is 5.55. The Balaban J connectivity index is 1.58. The predicted molar refractivity (Wildman–Crippen MR) is 96.2 cm³/mol. The number of ether oxygens (including phenoxy) is 1. The Morgan fingerprint density at radius 2 is 1.96 bits per heavy atom. The van der Waals surface area contributed by atoms with Crippen LogP contribution in [-0.2, 0) is 14.3 Å². The van der Waals surface area contributed by atoms with Crippen LogP contribution in [0.4, 0.5) is 11.4 Å². The molecule has 2 fully saturated rings. The number of nitrogens with one attached hydrogen (secondary N) is 1. The first-order valence-corrected chi connectivity index (χ1v) is 8.87. The van der Waals surface area contributed by atoms with Crippen molar-refractivity contribution in [3.8, 4) is 0 Å². The zero-order valence-corrected chi connectivity index (χ0v) is 14.3. The summed E-state index contributed by atoms with van der Waals surface area (Å²) >= 11 is 0. The molecule has 0 saturated carbocycles. The van der Waals surface area contributed by atoms with Crippen LogP contribution in [0, 0.1) is 5.92 Å². The van der Waals surface area contributed by atoms with Gasteiger partial charge in [0.1, 0.15) is 6.10 Å². The highest BCUT2D eigenvalue weighted by atomic mass is 16.5. The summed E-state index contributed by atoms with van der Waals surface area (Å²) in [5, 5.41) is 2.93. The number of rotatable bonds is 5. The van der Waals surface area contributed by atoms with Gasteiger partial charge in [0.2, 0.25) is 5.91 Å². The highest BCUT2D eigenvalue weighted by molar-refractivity contribution is 5.94. The molecular weight excluding hydrogens is 320 g/mol. The van der Waals surface area contributed by atoms with E-state index in [0.29, 0.717) is 13.0 Å². The third kappa shape index (κ3) is 4.29. The third-order valence-electron chi connectivity index (χ3n) is 5.04. The summed E-state index contributed by atoms with van der Waals surface area (Å²) < 4.78 is 5.63. The minimum atomic E-state index is -0.427. The number of hydrogen-bond donors (Lipinski definition) is 3. The van der Waals surface area contributed by atoms with E-state index in [0.717, 1.165) is 43.7 Å². The first kappa shape index (κ1) is 17.7. The van der Waals surface area contributed by atoms with E-state index in [1.807, 2.05) is 24.3 Å². The van der Waals surface area contributed by atoms with E-state index in [1.165, 1.54) is 0 Å². The van der Waals surface area contributed by atoms with Crippen LogP contribution >= 0.6 is 0 Å². The first-order chi connectivity index (χ1) is 12.1. The fraction of sp³-hybridized carbons (Fsp3) is 0.556. The molecule has 1 aromatic rings. The van der Waals surface area contributed by atoms with Crippen molar-refractivity contribution in [3.05, 3.63) is 24.3 Å². The van der Waals surface area contributed by atoms with Gasteiger partial charge >= 0.3 is 0 Å². The van der Waals surface area contributed by atoms with Gasteiger partial charge in [-0.05, 0) is 43.9 Å². The molecule has 0 aromatic heterocycles. The van der Waals surface area contributed by atoms with E-state index < -0.39 is 6.10 Å². The molecule has 0 unspecified atom stereocenters. The normalized spacial score (nSPS) is 24.3. The summed E-state index contributed by atoms with van der Waals surface area (Å²) in [7, 11) is 0. The minimum Gasteiger partial charge on any atom is -0.371 e. The highest BCUT2D eigenvalue weighted by Crippen LogP contribution is 2.26. The number of carbonyl (C=O) groups is 2. The van der Waals surface area contributed by atoms with Crippen molar-refractivity contribution in [3.63, 3.8) is 0 Å². The lowest BCUT2D eigenvalue weighted by Gasteiger charge is -2.32. The van der Waals surface area contributed by atoms with E-state index in [1.54, 1.807) is 0 Å². The topological polar surface area (TPSA) is 111 Å². The number of benzene rings is 1. The molecule has 136 valence electrons. The molecule has 0 aliphatic carbocycles. The Morgan fingerprint density at radius 3 is 2.60 bits per heavy atom. The lowest BCUT2D eigenvalue weighted by molar-refractivity contribution is -0.126. The maximum atomic E-state index is 12.3. The summed E-state index contributed by atoms with van der Waals surface area (Å²) in [6.07, 6.45) is 2.61. The number of nitrogens with two attached hydrogens (primary N) is 2. The van der Waals surface area contributed by atoms with Crippen molar-refractivity contribution in [2.75, 3.05) is 29.9 Å². The van der Waals surface area contributed by atoms with E-state index in [4.69, 9.17) is 16.2 Å². The van der Waals surface area contributed by atoms with Crippen LogP contribution in [0.2, 0.25) is 0 Å². The smallest absolute Gasteiger partial charge is 0.253 e. The van der Waals surface area contributed by atoms with Crippen molar-refractivity contribution >= 4 is 23.2 Å². The summed E-state index contributed by atoms with van der Waals surface area (Å²) in [5.74, 6) is -0.373. The number of nitrogens with zero attached hydrogens (tertiary/aromatic N) is 1. The van der Waals surface area contributed by atoms with Crippen molar-refractivity contribution in [1.82, 2.24) is 0 Å². The molecule has 0 spiro atoms. The molecule has 7 nitrogen and oxygen atoms in total. The number of primary amides is 1. The molecule has 25 heavy (non-hydrogen) atoms. The molecule has 7 heteroatoms. The van der Waals surface area contributed by atoms with Crippen molar-refractivity contribution < 1.29 is 14.3 Å². The van der Waals surface area contributed by atoms with Crippen LogP contribution < -0.4 is 21.7 Å². The number of piperidine rings is 1. The lowest BCUT2D eigenvalue weighted by atomic mass is 9.96. The molecule has 2 heterocycles. The van der Waals surface area contributed by atoms with Gasteiger partial charge in [0, 0.05) is 36.9 Å². The van der Waals surface area contributed by atoms with E-state index >= 15 is 0 Å². The Labute approximate surface area is 147 Å². The van der Waals surface area contributed by atoms with Gasteiger partial charge < -0.3 is 26.4 Å². The summed E-state index contributed by atoms with van der Waals surface area (Å²) in [6, 6.07) is 7.75. The highest BCUT2D eigenvalue weighted by Gasteiger charge is 2.30. The van der Waals surface area contributed by atoms with Gasteiger partial charge in [0.25, 0.3) is 5.91 Å². The quantitative estimate of drug-likeness (QED) is 0.731. The fourth-order valence-corrected chi connectivity index (χ4v) is 3.50. The zero-order chi connectivity index (χ0) is 17.8. The van der Waals surface area contributed by atoms with E-state index in [-0.39, 0.29) is 23.8 Å². The molecule has 2 atom stereocenters. The van der Waals surface area contributed by atoms with E-state index in [9.17, 15) is 9.59 Å². The monoisotopic (exact) mass is 346 g/mol. The second-order valence-electron chi connectivity index (χ2n) is 6.76. The van der Waals surface area contributed by atoms with Gasteiger partial charge in [-0.25, -0.2) is 0 Å². The molecule has 2 aliphatic heterocycles. The van der Waals surface area contributed by atoms with Gasteiger partial charge in [-0.15, -0.1) is 0 Å². The Hall–Kier alpha value is -2.12. The molecule has 2 amide bonds. The third-order valence-corrected chi connectivity index (χ3v) is 5.04. The van der Waals surface area contributed by atoms with Crippen LogP contribution in [0.5, 0.6) is 0 Å². The molecule has 2 saturated heterocycles. The number of amides is 2. The molecule has 2 aliphatic rings. The van der Waals surface area contributed by atoms with Crippen molar-refractivity contribution in [2.45, 2.75) is 37.9 Å². The summed E-state index contributed by atoms with van der Waals surface area (Å²) in [5.41, 5.74) is 12.8. The standard InChI is InChI=1S/C18H26N4O3/c19-11-15-4-5-16(25-15)18(24)21-13-2-1-3-14(10-13)22-8-6-12(7-9-22)17(20)23/h1-3,10,12,15-16H,4-9,11,19H2,(H2,20,23)(H,21,24)/t15-,16+/m1/s1. The largest absolute Gasteiger partial charge is 0.371 e. The molecular formula is C18H26N4O3. The Bertz CT molecular complexity index is 629. The average Bonchev–Trinajstić information content (AvgIpc) is 3.11. The van der Waals surface area contributed by atoms with Gasteiger partial charge in [0.05, 0.1) is 6.10 Å². The summed E-state index contributed by atoms with van der Waals surface area (Å²) in [6.45, 7) is 2.02. The van der Waals surface area contributed by atoms with Gasteiger partial charge in [-0.3, -0.25) is 9.59 Å². The number of anilines is 2. The number of carbonyl (C=O) groups excluding carboxylic acids is 2. The summed E-state index contributed by atoms with van der Waals surface area (Å²) in [4.78, 5) is 25.8. The first-order valence-electron chi connectivity index (χ1n) is 8.87. The molecule has 5 N–H and O–H groups in total. The Morgan fingerprint density at radius 1 is 1.20 bits per heavy atom. The lowest BCUT2D eigenvalue weighted by Crippen LogP contribution is -2.38.